The summed E-state index contributed by atoms with van der Waals surface area (Å²) in [6.07, 6.45) is 3.52. The first-order valence-corrected chi connectivity index (χ1v) is 8.00. The van der Waals surface area contributed by atoms with Gasteiger partial charge in [-0.25, -0.2) is 9.97 Å². The van der Waals surface area contributed by atoms with Gasteiger partial charge in [-0.15, -0.1) is 0 Å². The molecule has 0 atom stereocenters. The van der Waals surface area contributed by atoms with E-state index in [0.29, 0.717) is 0 Å². The normalized spacial score (nSPS) is 16.2. The first-order chi connectivity index (χ1) is 10.2. The molecule has 1 aliphatic rings. The van der Waals surface area contributed by atoms with Gasteiger partial charge in [0.25, 0.3) is 0 Å². The predicted octanol–water partition coefficient (Wildman–Crippen LogP) is 2.87. The number of nitrogens with zero attached hydrogens (tertiary/aromatic N) is 4. The number of aryl methyl sites for hydroxylation is 1. The van der Waals surface area contributed by atoms with Crippen molar-refractivity contribution in [2.24, 2.45) is 0 Å². The summed E-state index contributed by atoms with van der Waals surface area (Å²) in [5.74, 6) is 1.08. The van der Waals surface area contributed by atoms with Gasteiger partial charge in [-0.2, -0.15) is 0 Å². The Labute approximate surface area is 133 Å². The third kappa shape index (κ3) is 3.60. The number of aromatic nitrogens is 2. The molecule has 2 heterocycles. The summed E-state index contributed by atoms with van der Waals surface area (Å²) < 4.78 is 1.13. The Balaban J connectivity index is 1.58. The van der Waals surface area contributed by atoms with E-state index in [1.807, 2.05) is 6.20 Å². The van der Waals surface area contributed by atoms with E-state index >= 15 is 0 Å². The van der Waals surface area contributed by atoms with E-state index in [2.05, 4.69) is 66.9 Å². The van der Waals surface area contributed by atoms with Crippen molar-refractivity contribution in [1.29, 1.82) is 0 Å². The summed E-state index contributed by atoms with van der Waals surface area (Å²) in [5.41, 5.74) is 2.52. The molecule has 3 rings (SSSR count). The molecule has 0 radical (unpaired) electrons. The molecule has 1 aliphatic heterocycles. The van der Waals surface area contributed by atoms with E-state index in [4.69, 9.17) is 0 Å². The highest BCUT2D eigenvalue weighted by Gasteiger charge is 2.19. The van der Waals surface area contributed by atoms with Crippen molar-refractivity contribution in [3.63, 3.8) is 0 Å². The fourth-order valence-electron chi connectivity index (χ4n) is 2.69. The zero-order valence-electron chi connectivity index (χ0n) is 12.2. The van der Waals surface area contributed by atoms with Crippen LogP contribution in [0.3, 0.4) is 0 Å². The Bertz CT molecular complexity index is 591. The van der Waals surface area contributed by atoms with Gasteiger partial charge in [0.05, 0.1) is 0 Å². The van der Waals surface area contributed by atoms with Crippen LogP contribution in [0.25, 0.3) is 0 Å². The van der Waals surface area contributed by atoms with Crippen LogP contribution in [-0.2, 0) is 6.54 Å². The van der Waals surface area contributed by atoms with Crippen LogP contribution in [0.4, 0.5) is 5.82 Å². The highest BCUT2D eigenvalue weighted by molar-refractivity contribution is 9.10. The molecule has 1 aromatic carbocycles. The van der Waals surface area contributed by atoms with Crippen molar-refractivity contribution in [2.75, 3.05) is 31.1 Å². The molecule has 0 spiro atoms. The van der Waals surface area contributed by atoms with Gasteiger partial charge >= 0.3 is 0 Å². The summed E-state index contributed by atoms with van der Waals surface area (Å²) in [6, 6.07) is 8.59. The molecule has 0 amide bonds. The maximum absolute atomic E-state index is 4.41. The van der Waals surface area contributed by atoms with Crippen LogP contribution in [0.2, 0.25) is 0 Å². The van der Waals surface area contributed by atoms with Crippen LogP contribution < -0.4 is 4.90 Å². The summed E-state index contributed by atoms with van der Waals surface area (Å²) >= 11 is 3.48. The average molecular weight is 347 g/mol. The molecule has 0 bridgehead atoms. The molecule has 2 aromatic rings. The minimum absolute atomic E-state index is 1.02. The standard InChI is InChI=1S/C16H19BrN4/c1-13-10-18-12-19-16(13)21-8-6-20(7-9-21)11-14-2-4-15(17)5-3-14/h2-5,10,12H,6-9,11H2,1H3. The molecule has 0 saturated carbocycles. The largest absolute Gasteiger partial charge is 0.354 e. The van der Waals surface area contributed by atoms with Crippen molar-refractivity contribution in [1.82, 2.24) is 14.9 Å². The number of rotatable bonds is 3. The lowest BCUT2D eigenvalue weighted by atomic mass is 10.2. The van der Waals surface area contributed by atoms with Crippen molar-refractivity contribution in [3.05, 3.63) is 52.4 Å². The van der Waals surface area contributed by atoms with Crippen LogP contribution in [0, 0.1) is 6.92 Å². The summed E-state index contributed by atoms with van der Waals surface area (Å²) in [7, 11) is 0. The van der Waals surface area contributed by atoms with Crippen LogP contribution in [0.15, 0.2) is 41.3 Å². The second-order valence-electron chi connectivity index (χ2n) is 5.42. The Morgan fingerprint density at radius 1 is 1.10 bits per heavy atom. The minimum Gasteiger partial charge on any atom is -0.354 e. The van der Waals surface area contributed by atoms with Gasteiger partial charge in [0.2, 0.25) is 0 Å². The fourth-order valence-corrected chi connectivity index (χ4v) is 2.95. The van der Waals surface area contributed by atoms with Gasteiger partial charge < -0.3 is 4.90 Å². The molecule has 5 heteroatoms. The average Bonchev–Trinajstić information content (AvgIpc) is 2.51. The summed E-state index contributed by atoms with van der Waals surface area (Å²) in [6.45, 7) is 7.27. The van der Waals surface area contributed by atoms with Crippen molar-refractivity contribution in [2.45, 2.75) is 13.5 Å². The highest BCUT2D eigenvalue weighted by Crippen LogP contribution is 2.18. The molecule has 0 N–H and O–H groups in total. The first-order valence-electron chi connectivity index (χ1n) is 7.21. The van der Waals surface area contributed by atoms with Crippen LogP contribution in [0.1, 0.15) is 11.1 Å². The molecule has 1 aromatic heterocycles. The van der Waals surface area contributed by atoms with E-state index in [9.17, 15) is 0 Å². The number of piperazine rings is 1. The molecule has 0 aliphatic carbocycles. The van der Waals surface area contributed by atoms with Gasteiger partial charge in [0, 0.05) is 49.0 Å². The smallest absolute Gasteiger partial charge is 0.134 e. The third-order valence-electron chi connectivity index (χ3n) is 3.86. The van der Waals surface area contributed by atoms with Crippen molar-refractivity contribution in [3.8, 4) is 0 Å². The molecular weight excluding hydrogens is 328 g/mol. The Hall–Kier alpha value is -1.46. The maximum atomic E-state index is 4.41. The van der Waals surface area contributed by atoms with E-state index in [-0.39, 0.29) is 0 Å². The number of benzene rings is 1. The van der Waals surface area contributed by atoms with Crippen LogP contribution >= 0.6 is 15.9 Å². The third-order valence-corrected chi connectivity index (χ3v) is 4.39. The zero-order chi connectivity index (χ0) is 14.7. The fraction of sp³-hybridized carbons (Fsp3) is 0.375. The minimum atomic E-state index is 1.02. The maximum Gasteiger partial charge on any atom is 0.134 e. The number of hydrogen-bond acceptors (Lipinski definition) is 4. The van der Waals surface area contributed by atoms with E-state index in [1.54, 1.807) is 6.33 Å². The van der Waals surface area contributed by atoms with Gasteiger partial charge in [-0.05, 0) is 24.6 Å². The van der Waals surface area contributed by atoms with Gasteiger partial charge in [0.15, 0.2) is 0 Å². The zero-order valence-corrected chi connectivity index (χ0v) is 13.8. The van der Waals surface area contributed by atoms with Crippen LogP contribution in [0.5, 0.6) is 0 Å². The Kier molecular flexibility index (Phi) is 4.51. The SMILES string of the molecule is Cc1cncnc1N1CCN(Cc2ccc(Br)cc2)CC1. The lowest BCUT2D eigenvalue weighted by molar-refractivity contribution is 0.249. The summed E-state index contributed by atoms with van der Waals surface area (Å²) in [4.78, 5) is 13.3. The summed E-state index contributed by atoms with van der Waals surface area (Å²) in [5, 5.41) is 0. The monoisotopic (exact) mass is 346 g/mol. The lowest BCUT2D eigenvalue weighted by Gasteiger charge is -2.35. The topological polar surface area (TPSA) is 32.3 Å². The van der Waals surface area contributed by atoms with Gasteiger partial charge in [0.1, 0.15) is 12.1 Å². The molecule has 0 unspecified atom stereocenters. The molecule has 21 heavy (non-hydrogen) atoms. The second-order valence-corrected chi connectivity index (χ2v) is 6.33. The molecular formula is C16H19BrN4. The molecule has 110 valence electrons. The van der Waals surface area contributed by atoms with E-state index < -0.39 is 0 Å². The molecule has 4 nitrogen and oxygen atoms in total. The lowest BCUT2D eigenvalue weighted by Crippen LogP contribution is -2.46. The van der Waals surface area contributed by atoms with Gasteiger partial charge in [-0.3, -0.25) is 4.90 Å². The second kappa shape index (κ2) is 6.54. The van der Waals surface area contributed by atoms with Gasteiger partial charge in [-0.1, -0.05) is 28.1 Å². The predicted molar refractivity (Wildman–Crippen MR) is 88.4 cm³/mol. The van der Waals surface area contributed by atoms with Crippen molar-refractivity contribution >= 4 is 21.7 Å². The van der Waals surface area contributed by atoms with E-state index in [0.717, 1.165) is 48.6 Å². The number of halogens is 1. The highest BCUT2D eigenvalue weighted by atomic mass is 79.9. The molecule has 1 saturated heterocycles. The Morgan fingerprint density at radius 3 is 2.48 bits per heavy atom. The number of hydrogen-bond donors (Lipinski definition) is 0. The van der Waals surface area contributed by atoms with E-state index in [1.165, 1.54) is 5.56 Å². The Morgan fingerprint density at radius 2 is 1.81 bits per heavy atom. The quantitative estimate of drug-likeness (QED) is 0.855. The first kappa shape index (κ1) is 14.5. The van der Waals surface area contributed by atoms with Crippen molar-refractivity contribution < 1.29 is 0 Å². The molecule has 1 fully saturated rings. The van der Waals surface area contributed by atoms with Crippen LogP contribution in [-0.4, -0.2) is 41.0 Å². The number of anilines is 1.